The predicted octanol–water partition coefficient (Wildman–Crippen LogP) is 1.62. The van der Waals surface area contributed by atoms with Gasteiger partial charge in [-0.3, -0.25) is 4.55 Å². The van der Waals surface area contributed by atoms with Crippen molar-refractivity contribution in [1.82, 2.24) is 0 Å². The standard InChI is InChI=1S/C16H18O6S2/c1-16(17,13-8-4-2-5-9-13)15(12-23(18,19)20)24(21,22)14-10-6-3-7-11-14/h2-11,15,17H,12H2,1H3,(H,18,19,20). The van der Waals surface area contributed by atoms with Crippen LogP contribution in [0, 0.1) is 0 Å². The van der Waals surface area contributed by atoms with Gasteiger partial charge in [0.1, 0.15) is 10.9 Å². The van der Waals surface area contributed by atoms with Crippen molar-refractivity contribution in [2.75, 3.05) is 5.75 Å². The molecule has 0 aromatic heterocycles. The predicted molar refractivity (Wildman–Crippen MR) is 89.8 cm³/mol. The third kappa shape index (κ3) is 4.02. The van der Waals surface area contributed by atoms with Crippen LogP contribution in [0.3, 0.4) is 0 Å². The Morgan fingerprint density at radius 3 is 1.83 bits per heavy atom. The number of hydrogen-bond donors (Lipinski definition) is 2. The second-order valence-electron chi connectivity index (χ2n) is 5.61. The highest BCUT2D eigenvalue weighted by Crippen LogP contribution is 2.33. The molecule has 0 aliphatic carbocycles. The third-order valence-corrected chi connectivity index (χ3v) is 7.06. The van der Waals surface area contributed by atoms with Crippen LogP contribution in [0.4, 0.5) is 0 Å². The quantitative estimate of drug-likeness (QED) is 0.748. The molecule has 6 nitrogen and oxygen atoms in total. The fourth-order valence-electron chi connectivity index (χ4n) is 2.48. The van der Waals surface area contributed by atoms with Crippen LogP contribution in [0.5, 0.6) is 0 Å². The Bertz CT molecular complexity index is 888. The van der Waals surface area contributed by atoms with E-state index in [-0.39, 0.29) is 10.5 Å². The van der Waals surface area contributed by atoms with Gasteiger partial charge in [-0.2, -0.15) is 8.42 Å². The molecule has 2 N–H and O–H groups in total. The minimum Gasteiger partial charge on any atom is -0.384 e. The molecule has 0 saturated heterocycles. The summed E-state index contributed by atoms with van der Waals surface area (Å²) in [6, 6.07) is 15.1. The van der Waals surface area contributed by atoms with Crippen LogP contribution in [0.25, 0.3) is 0 Å². The summed E-state index contributed by atoms with van der Waals surface area (Å²) in [6.07, 6.45) is 0. The lowest BCUT2D eigenvalue weighted by Gasteiger charge is -2.32. The van der Waals surface area contributed by atoms with E-state index in [4.69, 9.17) is 0 Å². The topological polar surface area (TPSA) is 109 Å². The number of aliphatic hydroxyl groups is 1. The van der Waals surface area contributed by atoms with Crippen molar-refractivity contribution in [3.63, 3.8) is 0 Å². The summed E-state index contributed by atoms with van der Waals surface area (Å²) in [5.74, 6) is -1.12. The second-order valence-corrected chi connectivity index (χ2v) is 9.24. The maximum Gasteiger partial charge on any atom is 0.266 e. The highest BCUT2D eigenvalue weighted by molar-refractivity contribution is 7.94. The lowest BCUT2D eigenvalue weighted by atomic mass is 9.93. The van der Waals surface area contributed by atoms with Crippen LogP contribution in [0.1, 0.15) is 12.5 Å². The molecule has 2 aromatic rings. The van der Waals surface area contributed by atoms with Gasteiger partial charge < -0.3 is 5.11 Å². The molecule has 0 fully saturated rings. The van der Waals surface area contributed by atoms with Crippen LogP contribution in [-0.4, -0.2) is 37.5 Å². The zero-order valence-corrected chi connectivity index (χ0v) is 14.5. The summed E-state index contributed by atoms with van der Waals surface area (Å²) in [5, 5.41) is 9.08. The first-order valence-electron chi connectivity index (χ1n) is 7.07. The van der Waals surface area contributed by atoms with Crippen molar-refractivity contribution in [2.45, 2.75) is 22.7 Å². The minimum absolute atomic E-state index is 0.130. The second kappa shape index (κ2) is 6.64. The molecule has 130 valence electrons. The molecular formula is C16H18O6S2. The molecule has 0 spiro atoms. The van der Waals surface area contributed by atoms with Crippen LogP contribution < -0.4 is 0 Å². The molecular weight excluding hydrogens is 352 g/mol. The van der Waals surface area contributed by atoms with E-state index in [1.807, 2.05) is 0 Å². The average molecular weight is 370 g/mol. The molecule has 24 heavy (non-hydrogen) atoms. The summed E-state index contributed by atoms with van der Waals surface area (Å²) < 4.78 is 57.7. The SMILES string of the molecule is CC(O)(c1ccccc1)C(CS(=O)(=O)O)S(=O)(=O)c1ccccc1. The van der Waals surface area contributed by atoms with E-state index in [1.165, 1.54) is 43.3 Å². The first-order chi connectivity index (χ1) is 11.0. The highest BCUT2D eigenvalue weighted by atomic mass is 32.2. The Morgan fingerprint density at radius 2 is 1.38 bits per heavy atom. The van der Waals surface area contributed by atoms with Gasteiger partial charge in [0.2, 0.25) is 0 Å². The van der Waals surface area contributed by atoms with Gasteiger partial charge in [0.05, 0.1) is 10.6 Å². The number of benzene rings is 2. The smallest absolute Gasteiger partial charge is 0.266 e. The van der Waals surface area contributed by atoms with Crippen molar-refractivity contribution in [3.8, 4) is 0 Å². The summed E-state index contributed by atoms with van der Waals surface area (Å²) in [5.41, 5.74) is -1.79. The zero-order chi connectivity index (χ0) is 18.0. The fourth-order valence-corrected chi connectivity index (χ4v) is 6.03. The summed E-state index contributed by atoms with van der Waals surface area (Å²) in [7, 11) is -8.87. The van der Waals surface area contributed by atoms with Crippen molar-refractivity contribution < 1.29 is 26.5 Å². The Morgan fingerprint density at radius 1 is 0.917 bits per heavy atom. The van der Waals surface area contributed by atoms with E-state index in [9.17, 15) is 26.5 Å². The summed E-state index contributed by atoms with van der Waals surface area (Å²) >= 11 is 0. The first-order valence-corrected chi connectivity index (χ1v) is 10.2. The zero-order valence-electron chi connectivity index (χ0n) is 12.9. The monoisotopic (exact) mass is 370 g/mol. The molecule has 0 aliphatic heterocycles. The maximum absolute atomic E-state index is 12.9. The number of rotatable bonds is 6. The van der Waals surface area contributed by atoms with E-state index in [0.29, 0.717) is 0 Å². The van der Waals surface area contributed by atoms with Crippen molar-refractivity contribution in [2.24, 2.45) is 0 Å². The van der Waals surface area contributed by atoms with Crippen LogP contribution in [0.2, 0.25) is 0 Å². The van der Waals surface area contributed by atoms with E-state index in [2.05, 4.69) is 0 Å². The Balaban J connectivity index is 2.62. The molecule has 2 atom stereocenters. The van der Waals surface area contributed by atoms with Gasteiger partial charge in [0.25, 0.3) is 10.1 Å². The Labute approximate surface area is 141 Å². The van der Waals surface area contributed by atoms with Gasteiger partial charge in [0.15, 0.2) is 9.84 Å². The molecule has 2 rings (SSSR count). The lowest BCUT2D eigenvalue weighted by Crippen LogP contribution is -2.46. The Hall–Kier alpha value is -1.74. The van der Waals surface area contributed by atoms with Crippen LogP contribution in [0.15, 0.2) is 65.6 Å². The van der Waals surface area contributed by atoms with Gasteiger partial charge in [-0.1, -0.05) is 48.5 Å². The van der Waals surface area contributed by atoms with Crippen molar-refractivity contribution in [1.29, 1.82) is 0 Å². The van der Waals surface area contributed by atoms with E-state index >= 15 is 0 Å². The van der Waals surface area contributed by atoms with Crippen molar-refractivity contribution >= 4 is 20.0 Å². The van der Waals surface area contributed by atoms with E-state index in [0.717, 1.165) is 0 Å². The maximum atomic E-state index is 12.9. The molecule has 0 radical (unpaired) electrons. The van der Waals surface area contributed by atoms with Crippen LogP contribution in [-0.2, 0) is 25.6 Å². The van der Waals surface area contributed by atoms with E-state index < -0.39 is 36.6 Å². The molecule has 0 aliphatic rings. The van der Waals surface area contributed by atoms with E-state index in [1.54, 1.807) is 24.3 Å². The summed E-state index contributed by atoms with van der Waals surface area (Å²) in [6.45, 7) is 1.22. The highest BCUT2D eigenvalue weighted by Gasteiger charge is 2.45. The largest absolute Gasteiger partial charge is 0.384 e. The fraction of sp³-hybridized carbons (Fsp3) is 0.250. The molecule has 2 unspecified atom stereocenters. The molecule has 0 bridgehead atoms. The minimum atomic E-state index is -4.64. The average Bonchev–Trinajstić information content (AvgIpc) is 2.53. The summed E-state index contributed by atoms with van der Waals surface area (Å²) in [4.78, 5) is -0.130. The van der Waals surface area contributed by atoms with Crippen LogP contribution >= 0.6 is 0 Å². The van der Waals surface area contributed by atoms with Gasteiger partial charge in [-0.05, 0) is 24.6 Å². The molecule has 2 aromatic carbocycles. The van der Waals surface area contributed by atoms with Gasteiger partial charge in [0, 0.05) is 0 Å². The first kappa shape index (κ1) is 18.6. The normalized spacial score (nSPS) is 16.3. The van der Waals surface area contributed by atoms with Gasteiger partial charge >= 0.3 is 0 Å². The molecule has 8 heteroatoms. The molecule has 0 amide bonds. The third-order valence-electron chi connectivity index (χ3n) is 3.79. The number of sulfone groups is 1. The van der Waals surface area contributed by atoms with Gasteiger partial charge in [-0.25, -0.2) is 8.42 Å². The lowest BCUT2D eigenvalue weighted by molar-refractivity contribution is 0.0567. The number of hydrogen-bond acceptors (Lipinski definition) is 5. The Kier molecular flexibility index (Phi) is 5.14. The van der Waals surface area contributed by atoms with Gasteiger partial charge in [-0.15, -0.1) is 0 Å². The molecule has 0 heterocycles. The van der Waals surface area contributed by atoms with Crippen molar-refractivity contribution in [3.05, 3.63) is 66.2 Å². The molecule has 0 saturated carbocycles.